The van der Waals surface area contributed by atoms with Gasteiger partial charge in [-0.3, -0.25) is 24.0 Å². The Morgan fingerprint density at radius 1 is 0.490 bits per heavy atom. The lowest BCUT2D eigenvalue weighted by molar-refractivity contribution is -0.171. The van der Waals surface area contributed by atoms with E-state index in [-0.39, 0.29) is 68.1 Å². The maximum Gasteiger partial charge on any atom is 0.347 e. The van der Waals surface area contributed by atoms with Crippen LogP contribution in [-0.2, 0) is 98.6 Å². The molecular formula is C73H111O22P. The Hall–Kier alpha value is -6.84. The highest BCUT2D eigenvalue weighted by atomic mass is 31.0. The minimum absolute atomic E-state index is 0. The first kappa shape index (κ1) is 87.2. The summed E-state index contributed by atoms with van der Waals surface area (Å²) in [5.74, 6) is -6.14. The molecule has 0 spiro atoms. The van der Waals surface area contributed by atoms with Crippen LogP contribution < -0.4 is 0 Å². The van der Waals surface area contributed by atoms with Crippen LogP contribution in [0.2, 0.25) is 0 Å². The van der Waals surface area contributed by atoms with Gasteiger partial charge < -0.3 is 63.1 Å². The minimum Gasteiger partial charge on any atom is -0.479 e. The molecule has 96 heavy (non-hydrogen) atoms. The number of benzene rings is 2. The van der Waals surface area contributed by atoms with Gasteiger partial charge in [0.15, 0.2) is 24.4 Å². The summed E-state index contributed by atoms with van der Waals surface area (Å²) in [6.45, 7) is 18.2. The highest BCUT2D eigenvalue weighted by Crippen LogP contribution is 2.43. The van der Waals surface area contributed by atoms with Gasteiger partial charge in [0.1, 0.15) is 18.3 Å². The van der Waals surface area contributed by atoms with Crippen molar-refractivity contribution in [2.24, 2.45) is 23.7 Å². The Labute approximate surface area is 571 Å². The number of unbranched alkanes of at least 4 members (excludes halogenated alkanes) is 2. The zero-order valence-corrected chi connectivity index (χ0v) is 58.7. The average molecular weight is 1370 g/mol. The summed E-state index contributed by atoms with van der Waals surface area (Å²) in [4.78, 5) is 106. The summed E-state index contributed by atoms with van der Waals surface area (Å²) < 4.78 is 48.3. The first-order valence-electron chi connectivity index (χ1n) is 33.3. The van der Waals surface area contributed by atoms with Crippen molar-refractivity contribution < 1.29 is 106 Å². The standard InChI is InChI=1S/C41H59O13P.C26H40O5.C5H8O4.CH4/c1-25(2)48-38(44)19-15-10-9-14-18-34-35(23-22-33(21-20-32-16-12-11-13-17-32)52-39(45)26(3)49-29(6)42)37(54-41(47)28(5)51-31(8)55)24-36(34)53-40(46)27(4)50-30(7)43;1-19(2)31-26(30)13-9-4-3-8-12-22-23(25(29)18-24(22)28)17-16-21(27)15-14-20-10-6-5-7-11-20;1-3(5(7)8)9-4(2)6;/h9,11-14,16-17,25-28,33-37,55H,10,15,18-24H2,1-8H3;3,5-8,10-11,19,21-25,27-29H,4,9,12-18H2,1-2H3;3H,1-2H3,(H,7,8);1H4/b14-9-;8-3-;;/t26-,27-,28-,33?,34?,35?,36?,37?;;3-;/m0.0./s1. The molecule has 23 heteroatoms. The van der Waals surface area contributed by atoms with Gasteiger partial charge in [-0.2, -0.15) is 0 Å². The quantitative estimate of drug-likeness (QED) is 0.0160. The molecule has 2 fully saturated rings. The van der Waals surface area contributed by atoms with Gasteiger partial charge >= 0.3 is 53.7 Å². The molecule has 0 radical (unpaired) electrons. The largest absolute Gasteiger partial charge is 0.479 e. The van der Waals surface area contributed by atoms with Gasteiger partial charge in [0.25, 0.3) is 0 Å². The van der Waals surface area contributed by atoms with Crippen molar-refractivity contribution in [3.05, 3.63) is 96.1 Å². The SMILES string of the molecule is C.CC(=O)O[C@@H](C)C(=O)O.CC(=O)O[C@@H](C)C(=O)OC(CCc1ccccc1)CCC1C(OC(=O)[C@H](C)OC(C)=P)CC(OC(=O)[C@H](C)OC(C)=O)C1C/C=C\CCCC(=O)OC(C)C.CC(C)OC(=O)CCC/C=C\CC1C(O)CC(O)C1CCC(O)CCc1ccccc1. The fraction of sp³-hybridized carbons (Fsp3) is 0.644. The Morgan fingerprint density at radius 2 is 0.906 bits per heavy atom. The van der Waals surface area contributed by atoms with Gasteiger partial charge in [0, 0.05) is 51.9 Å². The first-order chi connectivity index (χ1) is 44.9. The van der Waals surface area contributed by atoms with Crippen molar-refractivity contribution in [2.45, 2.75) is 279 Å². The van der Waals surface area contributed by atoms with Crippen LogP contribution in [0.5, 0.6) is 0 Å². The number of hydrogen-bond acceptors (Lipinski definition) is 21. The molecule has 2 aromatic carbocycles. The van der Waals surface area contributed by atoms with Crippen molar-refractivity contribution in [1.82, 2.24) is 0 Å². The number of aryl methyl sites for hydroxylation is 2. The van der Waals surface area contributed by atoms with E-state index in [4.69, 9.17) is 43.0 Å². The molecule has 2 aliphatic carbocycles. The number of carboxylic acid groups (broad SMARTS) is 1. The van der Waals surface area contributed by atoms with E-state index in [9.17, 15) is 58.5 Å². The smallest absolute Gasteiger partial charge is 0.347 e. The van der Waals surface area contributed by atoms with Crippen LogP contribution in [0, 0.1) is 23.7 Å². The van der Waals surface area contributed by atoms with Crippen molar-refractivity contribution in [1.29, 1.82) is 0 Å². The first-order valence-corrected chi connectivity index (χ1v) is 33.8. The Balaban J connectivity index is 0.000000936. The molecule has 22 nitrogen and oxygen atoms in total. The van der Waals surface area contributed by atoms with Crippen LogP contribution in [0.3, 0.4) is 0 Å². The van der Waals surface area contributed by atoms with Crippen LogP contribution in [0.25, 0.3) is 0 Å². The number of esters is 8. The monoisotopic (exact) mass is 1370 g/mol. The number of ether oxygens (including phenoxy) is 9. The zero-order chi connectivity index (χ0) is 71.2. The van der Waals surface area contributed by atoms with Gasteiger partial charge in [-0.05, 0) is 182 Å². The highest BCUT2D eigenvalue weighted by Gasteiger charge is 2.48. The summed E-state index contributed by atoms with van der Waals surface area (Å²) >= 11 is 0. The third-order valence-corrected chi connectivity index (χ3v) is 15.9. The number of carbonyl (C=O) groups is 9. The van der Waals surface area contributed by atoms with Crippen LogP contribution in [0.4, 0.5) is 0 Å². The second-order valence-corrected chi connectivity index (χ2v) is 25.5. The summed E-state index contributed by atoms with van der Waals surface area (Å²) in [6.07, 6.45) is 9.86. The molecule has 4 N–H and O–H groups in total. The third kappa shape index (κ3) is 37.6. The van der Waals surface area contributed by atoms with Gasteiger partial charge in [-0.25, -0.2) is 19.2 Å². The molecule has 14 atom stereocenters. The van der Waals surface area contributed by atoms with Crippen LogP contribution >= 0.6 is 8.86 Å². The summed E-state index contributed by atoms with van der Waals surface area (Å²) in [6, 6.07) is 19.9. The number of aliphatic hydroxyl groups excluding tert-OH is 3. The molecule has 10 unspecified atom stereocenters. The molecule has 0 heterocycles. The highest BCUT2D eigenvalue weighted by molar-refractivity contribution is 7.20. The number of carboxylic acids is 1. The normalized spacial score (nSPS) is 20.7. The molecule has 0 amide bonds. The summed E-state index contributed by atoms with van der Waals surface area (Å²) in [5.41, 5.74) is 2.66. The van der Waals surface area contributed by atoms with Gasteiger partial charge in [0.05, 0.1) is 36.0 Å². The lowest BCUT2D eigenvalue weighted by Crippen LogP contribution is -2.34. The number of rotatable bonds is 38. The molecule has 2 aromatic rings. The molecule has 2 saturated carbocycles. The van der Waals surface area contributed by atoms with E-state index >= 15 is 0 Å². The minimum atomic E-state index is -1.16. The van der Waals surface area contributed by atoms with E-state index < -0.39 is 103 Å². The molecule has 0 aromatic heterocycles. The average Bonchev–Trinajstić information content (AvgIpc) is 1.67. The van der Waals surface area contributed by atoms with E-state index in [2.05, 4.69) is 31.8 Å². The van der Waals surface area contributed by atoms with Crippen molar-refractivity contribution in [2.75, 3.05) is 0 Å². The fourth-order valence-corrected chi connectivity index (χ4v) is 11.4. The lowest BCUT2D eigenvalue weighted by Gasteiger charge is -2.28. The second-order valence-electron chi connectivity index (χ2n) is 24.8. The van der Waals surface area contributed by atoms with E-state index in [0.717, 1.165) is 24.8 Å². The Bertz CT molecular complexity index is 2710. The fourth-order valence-electron chi connectivity index (χ4n) is 11.2. The van der Waals surface area contributed by atoms with Crippen molar-refractivity contribution >= 4 is 68.1 Å². The van der Waals surface area contributed by atoms with Crippen LogP contribution in [0.15, 0.2) is 85.0 Å². The number of hydrogen-bond donors (Lipinski definition) is 4. The number of aliphatic carboxylic acids is 1. The topological polar surface area (TPSA) is 318 Å². The predicted octanol–water partition coefficient (Wildman–Crippen LogP) is 11.3. The van der Waals surface area contributed by atoms with Crippen molar-refractivity contribution in [3.8, 4) is 0 Å². The van der Waals surface area contributed by atoms with E-state index in [1.165, 1.54) is 47.1 Å². The number of allylic oxidation sites excluding steroid dienone is 4. The number of aliphatic hydroxyl groups is 3. The van der Waals surface area contributed by atoms with Gasteiger partial charge in [0.2, 0.25) is 0 Å². The molecule has 4 rings (SSSR count). The summed E-state index contributed by atoms with van der Waals surface area (Å²) in [5, 5.41) is 39.3. The van der Waals surface area contributed by atoms with E-state index in [0.29, 0.717) is 89.0 Å². The summed E-state index contributed by atoms with van der Waals surface area (Å²) in [7, 11) is 3.27. The molecule has 0 saturated heterocycles. The maximum absolute atomic E-state index is 13.3. The van der Waals surface area contributed by atoms with Crippen molar-refractivity contribution in [3.63, 3.8) is 0 Å². The van der Waals surface area contributed by atoms with E-state index in [1.807, 2.05) is 80.6 Å². The molecule has 0 aliphatic heterocycles. The molecule has 0 bridgehead atoms. The Morgan fingerprint density at radius 3 is 1.35 bits per heavy atom. The van der Waals surface area contributed by atoms with Crippen LogP contribution in [-0.4, -0.2) is 153 Å². The number of carbonyl (C=O) groups excluding carboxylic acids is 8. The second kappa shape index (κ2) is 48.0. The lowest BCUT2D eigenvalue weighted by atomic mass is 9.85. The zero-order valence-electron chi connectivity index (χ0n) is 57.7. The molecule has 540 valence electrons. The Kier molecular flexibility index (Phi) is 43.6. The van der Waals surface area contributed by atoms with Gasteiger partial charge in [-0.1, -0.05) is 101 Å². The molecular weight excluding hydrogens is 1260 g/mol. The van der Waals surface area contributed by atoms with E-state index in [1.54, 1.807) is 27.7 Å². The third-order valence-electron chi connectivity index (χ3n) is 15.8. The molecule has 2 aliphatic rings. The van der Waals surface area contributed by atoms with Gasteiger partial charge in [-0.15, -0.1) is 0 Å². The predicted molar refractivity (Wildman–Crippen MR) is 364 cm³/mol. The van der Waals surface area contributed by atoms with Crippen LogP contribution in [0.1, 0.15) is 204 Å². The maximum atomic E-state index is 13.3.